The first-order valence-electron chi connectivity index (χ1n) is 6.08. The van der Waals surface area contributed by atoms with E-state index < -0.39 is 0 Å². The van der Waals surface area contributed by atoms with Gasteiger partial charge in [-0.05, 0) is 18.8 Å². The van der Waals surface area contributed by atoms with Crippen LogP contribution in [0.25, 0.3) is 0 Å². The first-order valence-corrected chi connectivity index (χ1v) is 6.08. The SMILES string of the molecule is CN(C(=O)C[C@@H]1CCC[C@H]1N)c1cnn(C)c1.Cl.Cl. The molecule has 1 aromatic heterocycles. The Hall–Kier alpha value is -0.780. The Morgan fingerprint density at radius 1 is 1.53 bits per heavy atom. The summed E-state index contributed by atoms with van der Waals surface area (Å²) in [4.78, 5) is 13.8. The number of rotatable bonds is 3. The van der Waals surface area contributed by atoms with Gasteiger partial charge in [0.15, 0.2) is 0 Å². The van der Waals surface area contributed by atoms with Crippen molar-refractivity contribution in [3.63, 3.8) is 0 Å². The van der Waals surface area contributed by atoms with Crippen LogP contribution in [0.2, 0.25) is 0 Å². The highest BCUT2D eigenvalue weighted by Crippen LogP contribution is 2.27. The summed E-state index contributed by atoms with van der Waals surface area (Å²) in [6, 6.07) is 0.196. The van der Waals surface area contributed by atoms with Crippen molar-refractivity contribution >= 4 is 36.4 Å². The summed E-state index contributed by atoms with van der Waals surface area (Å²) in [5.41, 5.74) is 6.82. The highest BCUT2D eigenvalue weighted by Gasteiger charge is 2.27. The van der Waals surface area contributed by atoms with Gasteiger partial charge in [-0.15, -0.1) is 24.8 Å². The van der Waals surface area contributed by atoms with Gasteiger partial charge in [-0.25, -0.2) is 0 Å². The van der Waals surface area contributed by atoms with Crippen molar-refractivity contribution in [3.05, 3.63) is 12.4 Å². The fraction of sp³-hybridized carbons (Fsp3) is 0.667. The van der Waals surface area contributed by atoms with E-state index in [1.54, 1.807) is 22.8 Å². The van der Waals surface area contributed by atoms with Gasteiger partial charge in [-0.2, -0.15) is 5.10 Å². The molecule has 1 aliphatic carbocycles. The fourth-order valence-electron chi connectivity index (χ4n) is 2.41. The maximum absolute atomic E-state index is 12.1. The first-order chi connectivity index (χ1) is 8.08. The van der Waals surface area contributed by atoms with E-state index in [-0.39, 0.29) is 36.8 Å². The number of carbonyl (C=O) groups is 1. The fourth-order valence-corrected chi connectivity index (χ4v) is 2.41. The second-order valence-electron chi connectivity index (χ2n) is 4.88. The number of hydrogen-bond donors (Lipinski definition) is 1. The molecule has 1 amide bonds. The van der Waals surface area contributed by atoms with Crippen molar-refractivity contribution in [2.24, 2.45) is 18.7 Å². The van der Waals surface area contributed by atoms with Crippen molar-refractivity contribution in [2.75, 3.05) is 11.9 Å². The second-order valence-corrected chi connectivity index (χ2v) is 4.88. The molecule has 1 aliphatic rings. The number of anilines is 1. The Balaban J connectivity index is 0.00000162. The Bertz CT molecular complexity index is 410. The van der Waals surface area contributed by atoms with Gasteiger partial charge in [0.2, 0.25) is 5.91 Å². The Kier molecular flexibility index (Phi) is 7.41. The van der Waals surface area contributed by atoms with Gasteiger partial charge >= 0.3 is 0 Å². The molecule has 5 nitrogen and oxygen atoms in total. The molecule has 110 valence electrons. The molecule has 7 heteroatoms. The molecule has 2 rings (SSSR count). The van der Waals surface area contributed by atoms with Crippen LogP contribution in [-0.2, 0) is 11.8 Å². The molecule has 1 fully saturated rings. The Morgan fingerprint density at radius 2 is 2.21 bits per heavy atom. The largest absolute Gasteiger partial charge is 0.327 e. The molecular weight excluding hydrogens is 287 g/mol. The summed E-state index contributed by atoms with van der Waals surface area (Å²) < 4.78 is 1.69. The standard InChI is InChI=1S/C12H20N4O.2ClH/c1-15-8-10(7-14-15)16(2)12(17)6-9-4-3-5-11(9)13;;/h7-9,11H,3-6,13H2,1-2H3;2*1H/t9-,11+;;/m0../s1. The van der Waals surface area contributed by atoms with Gasteiger partial charge in [0, 0.05) is 32.8 Å². The number of amides is 1. The predicted molar refractivity (Wildman–Crippen MR) is 81.0 cm³/mol. The van der Waals surface area contributed by atoms with Crippen LogP contribution in [0.3, 0.4) is 0 Å². The van der Waals surface area contributed by atoms with Gasteiger partial charge in [0.1, 0.15) is 0 Å². The number of halogens is 2. The third kappa shape index (κ3) is 4.37. The minimum Gasteiger partial charge on any atom is -0.327 e. The summed E-state index contributed by atoms with van der Waals surface area (Å²) in [6.07, 6.45) is 7.36. The van der Waals surface area contributed by atoms with Crippen LogP contribution in [0.15, 0.2) is 12.4 Å². The topological polar surface area (TPSA) is 64.2 Å². The molecular formula is C12H22Cl2N4O. The molecule has 1 saturated carbocycles. The predicted octanol–water partition coefficient (Wildman–Crippen LogP) is 1.74. The van der Waals surface area contributed by atoms with Gasteiger partial charge < -0.3 is 10.6 Å². The maximum Gasteiger partial charge on any atom is 0.227 e. The number of carbonyl (C=O) groups excluding carboxylic acids is 1. The molecule has 2 N–H and O–H groups in total. The van der Waals surface area contributed by atoms with E-state index in [2.05, 4.69) is 5.10 Å². The Morgan fingerprint density at radius 3 is 2.68 bits per heavy atom. The molecule has 0 aromatic carbocycles. The van der Waals surface area contributed by atoms with Crippen molar-refractivity contribution in [1.29, 1.82) is 0 Å². The normalized spacial score (nSPS) is 21.4. The average Bonchev–Trinajstić information content (AvgIpc) is 2.88. The smallest absolute Gasteiger partial charge is 0.227 e. The monoisotopic (exact) mass is 308 g/mol. The van der Waals surface area contributed by atoms with Crippen LogP contribution in [0.1, 0.15) is 25.7 Å². The number of hydrogen-bond acceptors (Lipinski definition) is 3. The molecule has 2 atom stereocenters. The molecule has 1 aromatic rings. The lowest BCUT2D eigenvalue weighted by atomic mass is 9.99. The van der Waals surface area contributed by atoms with E-state index in [0.29, 0.717) is 12.3 Å². The van der Waals surface area contributed by atoms with Gasteiger partial charge in [-0.1, -0.05) is 6.42 Å². The highest BCUT2D eigenvalue weighted by molar-refractivity contribution is 5.92. The van der Waals surface area contributed by atoms with E-state index >= 15 is 0 Å². The number of aryl methyl sites for hydroxylation is 1. The number of nitrogens with zero attached hydrogens (tertiary/aromatic N) is 3. The molecule has 0 aliphatic heterocycles. The third-order valence-corrected chi connectivity index (χ3v) is 3.61. The summed E-state index contributed by atoms with van der Waals surface area (Å²) in [5.74, 6) is 0.474. The Labute approximate surface area is 126 Å². The third-order valence-electron chi connectivity index (χ3n) is 3.61. The zero-order chi connectivity index (χ0) is 12.4. The molecule has 0 radical (unpaired) electrons. The van der Waals surface area contributed by atoms with Crippen LogP contribution >= 0.6 is 24.8 Å². The van der Waals surface area contributed by atoms with Crippen molar-refractivity contribution in [2.45, 2.75) is 31.7 Å². The summed E-state index contributed by atoms with van der Waals surface area (Å²) in [5, 5.41) is 4.06. The molecule has 0 saturated heterocycles. The molecule has 19 heavy (non-hydrogen) atoms. The zero-order valence-corrected chi connectivity index (χ0v) is 12.9. The quantitative estimate of drug-likeness (QED) is 0.925. The van der Waals surface area contributed by atoms with Gasteiger partial charge in [0.25, 0.3) is 0 Å². The molecule has 0 unspecified atom stereocenters. The zero-order valence-electron chi connectivity index (χ0n) is 11.3. The minimum absolute atomic E-state index is 0. The van der Waals surface area contributed by atoms with Crippen LogP contribution in [0.4, 0.5) is 5.69 Å². The van der Waals surface area contributed by atoms with Crippen molar-refractivity contribution in [3.8, 4) is 0 Å². The van der Waals surface area contributed by atoms with Crippen LogP contribution in [0, 0.1) is 5.92 Å². The van der Waals surface area contributed by atoms with Crippen LogP contribution in [0.5, 0.6) is 0 Å². The number of aromatic nitrogens is 2. The lowest BCUT2D eigenvalue weighted by molar-refractivity contribution is -0.119. The van der Waals surface area contributed by atoms with Crippen LogP contribution in [-0.4, -0.2) is 28.8 Å². The lowest BCUT2D eigenvalue weighted by Gasteiger charge is -2.19. The molecule has 0 spiro atoms. The van der Waals surface area contributed by atoms with Crippen molar-refractivity contribution in [1.82, 2.24) is 9.78 Å². The van der Waals surface area contributed by atoms with E-state index in [1.807, 2.05) is 13.2 Å². The van der Waals surface area contributed by atoms with Crippen molar-refractivity contribution < 1.29 is 4.79 Å². The number of nitrogens with two attached hydrogens (primary N) is 1. The molecule has 1 heterocycles. The van der Waals surface area contributed by atoms with E-state index in [9.17, 15) is 4.79 Å². The second kappa shape index (κ2) is 7.72. The maximum atomic E-state index is 12.1. The van der Waals surface area contributed by atoms with E-state index in [0.717, 1.165) is 24.9 Å². The van der Waals surface area contributed by atoms with E-state index in [1.165, 1.54) is 0 Å². The van der Waals surface area contributed by atoms with Gasteiger partial charge in [-0.3, -0.25) is 9.48 Å². The van der Waals surface area contributed by atoms with Gasteiger partial charge in [0.05, 0.1) is 11.9 Å². The summed E-state index contributed by atoms with van der Waals surface area (Å²) in [7, 11) is 3.63. The van der Waals surface area contributed by atoms with E-state index in [4.69, 9.17) is 5.73 Å². The van der Waals surface area contributed by atoms with Crippen LogP contribution < -0.4 is 10.6 Å². The average molecular weight is 309 g/mol. The first kappa shape index (κ1) is 18.2. The summed E-state index contributed by atoms with van der Waals surface area (Å²) in [6.45, 7) is 0. The molecule has 0 bridgehead atoms. The summed E-state index contributed by atoms with van der Waals surface area (Å²) >= 11 is 0. The minimum atomic E-state index is 0. The lowest BCUT2D eigenvalue weighted by Crippen LogP contribution is -2.32. The highest BCUT2D eigenvalue weighted by atomic mass is 35.5.